The number of nitrogens with two attached hydrogens (primary N) is 1. The number of hydrogen-bond donors (Lipinski definition) is 1. The van der Waals surface area contributed by atoms with Crippen LogP contribution in [0.3, 0.4) is 0 Å². The number of rotatable bonds is 2. The Balaban J connectivity index is 2.59. The predicted octanol–water partition coefficient (Wildman–Crippen LogP) is 1.17. The van der Waals surface area contributed by atoms with Gasteiger partial charge in [0.25, 0.3) is 0 Å². The van der Waals surface area contributed by atoms with E-state index in [4.69, 9.17) is 15.2 Å². The number of carbonyl (C=O) groups is 1. The van der Waals surface area contributed by atoms with Crippen LogP contribution in [0.15, 0.2) is 6.07 Å². The van der Waals surface area contributed by atoms with Crippen molar-refractivity contribution in [1.29, 1.82) is 0 Å². The van der Waals surface area contributed by atoms with E-state index in [1.807, 2.05) is 13.8 Å². The number of carbonyl (C=O) groups excluding carboxylic acids is 1. The van der Waals surface area contributed by atoms with Gasteiger partial charge in [-0.2, -0.15) is 0 Å². The second-order valence-electron chi connectivity index (χ2n) is 3.54. The van der Waals surface area contributed by atoms with Crippen LogP contribution < -0.4 is 15.2 Å². The lowest BCUT2D eigenvalue weighted by Crippen LogP contribution is -2.15. The maximum Gasteiger partial charge on any atom is 0.231 e. The molecule has 0 fully saturated rings. The summed E-state index contributed by atoms with van der Waals surface area (Å²) < 4.78 is 10.6. The molecule has 0 spiro atoms. The van der Waals surface area contributed by atoms with Crippen molar-refractivity contribution < 1.29 is 14.3 Å². The monoisotopic (exact) mass is 207 g/mol. The van der Waals surface area contributed by atoms with Crippen molar-refractivity contribution in [2.75, 3.05) is 13.3 Å². The third-order valence-corrected chi connectivity index (χ3v) is 2.71. The lowest BCUT2D eigenvalue weighted by Gasteiger charge is -2.09. The van der Waals surface area contributed by atoms with Gasteiger partial charge >= 0.3 is 0 Å². The standard InChI is InChI=1S/C11H13NO3/c1-6-7(2)11-10(14-5-15-11)3-8(6)9(13)4-12/h3H,4-5,12H2,1-2H3. The van der Waals surface area contributed by atoms with E-state index in [1.54, 1.807) is 6.07 Å². The Morgan fingerprint density at radius 1 is 1.40 bits per heavy atom. The average Bonchev–Trinajstić information content (AvgIpc) is 2.70. The van der Waals surface area contributed by atoms with E-state index in [0.717, 1.165) is 16.9 Å². The van der Waals surface area contributed by atoms with Crippen molar-refractivity contribution in [3.63, 3.8) is 0 Å². The molecule has 0 unspecified atom stereocenters. The molecule has 0 bridgehead atoms. The molecule has 4 nitrogen and oxygen atoms in total. The van der Waals surface area contributed by atoms with Crippen LogP contribution in [0.5, 0.6) is 11.5 Å². The Hall–Kier alpha value is -1.55. The van der Waals surface area contributed by atoms with Crippen molar-refractivity contribution in [1.82, 2.24) is 0 Å². The number of fused-ring (bicyclic) bond motifs is 1. The molecular formula is C11H13NO3. The Morgan fingerprint density at radius 3 is 2.80 bits per heavy atom. The zero-order valence-corrected chi connectivity index (χ0v) is 8.79. The molecule has 1 heterocycles. The van der Waals surface area contributed by atoms with E-state index in [0.29, 0.717) is 11.3 Å². The van der Waals surface area contributed by atoms with Gasteiger partial charge in [0, 0.05) is 5.56 Å². The van der Waals surface area contributed by atoms with Gasteiger partial charge in [-0.25, -0.2) is 0 Å². The zero-order chi connectivity index (χ0) is 11.0. The summed E-state index contributed by atoms with van der Waals surface area (Å²) in [5, 5.41) is 0. The maximum atomic E-state index is 11.6. The van der Waals surface area contributed by atoms with E-state index in [9.17, 15) is 4.79 Å². The fourth-order valence-corrected chi connectivity index (χ4v) is 1.70. The second-order valence-corrected chi connectivity index (χ2v) is 3.54. The van der Waals surface area contributed by atoms with E-state index in [1.165, 1.54) is 0 Å². The highest BCUT2D eigenvalue weighted by Crippen LogP contribution is 2.38. The summed E-state index contributed by atoms with van der Waals surface area (Å²) in [6.07, 6.45) is 0. The lowest BCUT2D eigenvalue weighted by atomic mass is 9.98. The zero-order valence-electron chi connectivity index (χ0n) is 8.79. The van der Waals surface area contributed by atoms with Gasteiger partial charge in [0.15, 0.2) is 17.3 Å². The van der Waals surface area contributed by atoms with Crippen molar-refractivity contribution in [3.8, 4) is 11.5 Å². The van der Waals surface area contributed by atoms with Gasteiger partial charge in [0.1, 0.15) is 0 Å². The lowest BCUT2D eigenvalue weighted by molar-refractivity contribution is 0.100. The molecule has 1 aromatic carbocycles. The van der Waals surface area contributed by atoms with Gasteiger partial charge < -0.3 is 15.2 Å². The first-order chi connectivity index (χ1) is 7.15. The molecule has 2 N–H and O–H groups in total. The topological polar surface area (TPSA) is 61.6 Å². The van der Waals surface area contributed by atoms with Crippen LogP contribution in [0.25, 0.3) is 0 Å². The predicted molar refractivity (Wildman–Crippen MR) is 55.4 cm³/mol. The van der Waals surface area contributed by atoms with Gasteiger partial charge in [0.05, 0.1) is 6.54 Å². The SMILES string of the molecule is Cc1c(C(=O)CN)cc2c(c1C)OCO2. The van der Waals surface area contributed by atoms with Crippen LogP contribution in [-0.2, 0) is 0 Å². The molecule has 80 valence electrons. The Labute approximate surface area is 88.0 Å². The van der Waals surface area contributed by atoms with E-state index >= 15 is 0 Å². The highest BCUT2D eigenvalue weighted by Gasteiger charge is 2.21. The second kappa shape index (κ2) is 3.55. The minimum absolute atomic E-state index is 0.0138. The molecule has 0 aliphatic carbocycles. The van der Waals surface area contributed by atoms with Gasteiger partial charge in [-0.1, -0.05) is 0 Å². The number of benzene rings is 1. The van der Waals surface area contributed by atoms with Crippen LogP contribution >= 0.6 is 0 Å². The van der Waals surface area contributed by atoms with E-state index < -0.39 is 0 Å². The molecule has 0 atom stereocenters. The van der Waals surface area contributed by atoms with Crippen molar-refractivity contribution in [3.05, 3.63) is 22.8 Å². The van der Waals surface area contributed by atoms with Crippen LogP contribution in [-0.4, -0.2) is 19.1 Å². The minimum Gasteiger partial charge on any atom is -0.454 e. The van der Waals surface area contributed by atoms with Gasteiger partial charge in [0.2, 0.25) is 6.79 Å². The Morgan fingerprint density at radius 2 is 2.13 bits per heavy atom. The molecule has 15 heavy (non-hydrogen) atoms. The molecule has 0 saturated carbocycles. The molecule has 4 heteroatoms. The summed E-state index contributed by atoms with van der Waals surface area (Å²) in [5.41, 5.74) is 7.83. The molecule has 0 radical (unpaired) electrons. The van der Waals surface area contributed by atoms with E-state index in [2.05, 4.69) is 0 Å². The number of ether oxygens (including phenoxy) is 2. The first-order valence-corrected chi connectivity index (χ1v) is 4.78. The summed E-state index contributed by atoms with van der Waals surface area (Å²) in [5.74, 6) is 1.30. The molecule has 1 aliphatic rings. The quantitative estimate of drug-likeness (QED) is 0.739. The Bertz CT molecular complexity index is 426. The maximum absolute atomic E-state index is 11.6. The first-order valence-electron chi connectivity index (χ1n) is 4.78. The molecular weight excluding hydrogens is 194 g/mol. The first kappa shape index (κ1) is 9.98. The third-order valence-electron chi connectivity index (χ3n) is 2.71. The molecule has 2 rings (SSSR count). The molecule has 1 aromatic rings. The highest BCUT2D eigenvalue weighted by molar-refractivity contribution is 5.99. The van der Waals surface area contributed by atoms with Crippen molar-refractivity contribution in [2.45, 2.75) is 13.8 Å². The van der Waals surface area contributed by atoms with E-state index in [-0.39, 0.29) is 19.1 Å². The highest BCUT2D eigenvalue weighted by atomic mass is 16.7. The smallest absolute Gasteiger partial charge is 0.231 e. The fraction of sp³-hybridized carbons (Fsp3) is 0.364. The summed E-state index contributed by atoms with van der Waals surface area (Å²) in [6, 6.07) is 1.71. The van der Waals surface area contributed by atoms with Gasteiger partial charge in [-0.15, -0.1) is 0 Å². The van der Waals surface area contributed by atoms with Gasteiger partial charge in [-0.05, 0) is 31.0 Å². The number of Topliss-reactive ketones (excluding diaryl/α,β-unsaturated/α-hetero) is 1. The number of ketones is 1. The largest absolute Gasteiger partial charge is 0.454 e. The fourth-order valence-electron chi connectivity index (χ4n) is 1.70. The summed E-state index contributed by atoms with van der Waals surface area (Å²) in [4.78, 5) is 11.6. The van der Waals surface area contributed by atoms with Crippen molar-refractivity contribution in [2.24, 2.45) is 5.73 Å². The van der Waals surface area contributed by atoms with Crippen LogP contribution in [0.1, 0.15) is 21.5 Å². The van der Waals surface area contributed by atoms with Gasteiger partial charge in [-0.3, -0.25) is 4.79 Å². The normalized spacial score (nSPS) is 13.0. The molecule has 1 aliphatic heterocycles. The van der Waals surface area contributed by atoms with Crippen LogP contribution in [0.4, 0.5) is 0 Å². The van der Waals surface area contributed by atoms with Crippen LogP contribution in [0.2, 0.25) is 0 Å². The summed E-state index contributed by atoms with van der Waals surface area (Å²) in [7, 11) is 0. The number of hydrogen-bond acceptors (Lipinski definition) is 4. The Kier molecular flexibility index (Phi) is 2.36. The van der Waals surface area contributed by atoms with Crippen molar-refractivity contribution >= 4 is 5.78 Å². The molecule has 0 aromatic heterocycles. The molecule has 0 amide bonds. The van der Waals surface area contributed by atoms with Crippen LogP contribution in [0, 0.1) is 13.8 Å². The molecule has 0 saturated heterocycles. The summed E-state index contributed by atoms with van der Waals surface area (Å²) >= 11 is 0. The third kappa shape index (κ3) is 1.47. The summed E-state index contributed by atoms with van der Waals surface area (Å²) in [6.45, 7) is 4.03. The minimum atomic E-state index is -0.0751. The average molecular weight is 207 g/mol.